The summed E-state index contributed by atoms with van der Waals surface area (Å²) in [5.41, 5.74) is 0. The predicted octanol–water partition coefficient (Wildman–Crippen LogP) is 7.67. The summed E-state index contributed by atoms with van der Waals surface area (Å²) in [6, 6.07) is 0. The Kier molecular flexibility index (Phi) is 22.3. The van der Waals surface area contributed by atoms with Crippen molar-refractivity contribution in [1.82, 2.24) is 0 Å². The number of halogens is 1. The second-order valence-electron chi connectivity index (χ2n) is 6.89. The lowest BCUT2D eigenvalue weighted by atomic mass is 10.1. The summed E-state index contributed by atoms with van der Waals surface area (Å²) in [7, 11) is 0. The Morgan fingerprint density at radius 2 is 1.04 bits per heavy atom. The molecule has 3 heteroatoms. The number of alkyl halides is 1. The summed E-state index contributed by atoms with van der Waals surface area (Å²) >= 11 is 2.47. The zero-order chi connectivity index (χ0) is 17.7. The van der Waals surface area contributed by atoms with E-state index in [9.17, 15) is 0 Å². The molecule has 0 aliphatic heterocycles. The normalized spacial score (nSPS) is 11.5. The smallest absolute Gasteiger partial charge is 0.157 e. The largest absolute Gasteiger partial charge is 0.353 e. The highest BCUT2D eigenvalue weighted by Crippen LogP contribution is 2.13. The maximum atomic E-state index is 6.02. The van der Waals surface area contributed by atoms with Gasteiger partial charge in [0.05, 0.1) is 0 Å². The molecule has 0 aromatic rings. The van der Waals surface area contributed by atoms with Crippen molar-refractivity contribution >= 4 is 22.6 Å². The second kappa shape index (κ2) is 21.7. The summed E-state index contributed by atoms with van der Waals surface area (Å²) in [5.74, 6) is 0. The van der Waals surface area contributed by atoms with Crippen LogP contribution in [0.3, 0.4) is 0 Å². The average molecular weight is 454 g/mol. The molecule has 24 heavy (non-hydrogen) atoms. The first-order valence-corrected chi connectivity index (χ1v) is 12.2. The SMILES string of the molecule is CCCCCCOC(CCCCCCCCI)OCCCCCC. The lowest BCUT2D eigenvalue weighted by Gasteiger charge is -2.19. The van der Waals surface area contributed by atoms with Crippen molar-refractivity contribution in [2.24, 2.45) is 0 Å². The number of hydrogen-bond donors (Lipinski definition) is 0. The van der Waals surface area contributed by atoms with Crippen molar-refractivity contribution in [2.45, 2.75) is 116 Å². The summed E-state index contributed by atoms with van der Waals surface area (Å²) in [4.78, 5) is 0. The molecular weight excluding hydrogens is 411 g/mol. The maximum Gasteiger partial charge on any atom is 0.157 e. The predicted molar refractivity (Wildman–Crippen MR) is 115 cm³/mol. The molecule has 0 saturated heterocycles. The van der Waals surface area contributed by atoms with Gasteiger partial charge < -0.3 is 9.47 Å². The van der Waals surface area contributed by atoms with Gasteiger partial charge in [-0.2, -0.15) is 0 Å². The molecule has 0 atom stereocenters. The van der Waals surface area contributed by atoms with Crippen molar-refractivity contribution in [3.05, 3.63) is 0 Å². The molecule has 0 heterocycles. The second-order valence-corrected chi connectivity index (χ2v) is 7.97. The number of rotatable bonds is 20. The van der Waals surface area contributed by atoms with Crippen LogP contribution in [0.15, 0.2) is 0 Å². The topological polar surface area (TPSA) is 18.5 Å². The first-order chi connectivity index (χ1) is 11.8. The molecule has 0 fully saturated rings. The van der Waals surface area contributed by atoms with Crippen molar-refractivity contribution in [2.75, 3.05) is 17.6 Å². The first kappa shape index (κ1) is 24.7. The Bertz CT molecular complexity index is 210. The molecule has 0 aromatic carbocycles. The van der Waals surface area contributed by atoms with Crippen LogP contribution in [0.4, 0.5) is 0 Å². The van der Waals surface area contributed by atoms with Gasteiger partial charge in [0.15, 0.2) is 6.29 Å². The fraction of sp³-hybridized carbons (Fsp3) is 1.00. The molecule has 0 unspecified atom stereocenters. The molecule has 0 rings (SSSR count). The highest BCUT2D eigenvalue weighted by molar-refractivity contribution is 14.1. The van der Waals surface area contributed by atoms with E-state index in [1.54, 1.807) is 0 Å². The van der Waals surface area contributed by atoms with Gasteiger partial charge in [-0.1, -0.05) is 101 Å². The van der Waals surface area contributed by atoms with Gasteiger partial charge in [0.1, 0.15) is 0 Å². The van der Waals surface area contributed by atoms with Crippen LogP contribution >= 0.6 is 22.6 Å². The minimum atomic E-state index is 0.0441. The van der Waals surface area contributed by atoms with Crippen LogP contribution in [0.2, 0.25) is 0 Å². The Labute approximate surface area is 166 Å². The van der Waals surface area contributed by atoms with E-state index in [1.807, 2.05) is 0 Å². The molecule has 0 radical (unpaired) electrons. The fourth-order valence-electron chi connectivity index (χ4n) is 2.81. The van der Waals surface area contributed by atoms with Crippen LogP contribution in [0.5, 0.6) is 0 Å². The van der Waals surface area contributed by atoms with E-state index in [0.29, 0.717) is 0 Å². The minimum absolute atomic E-state index is 0.0441. The van der Waals surface area contributed by atoms with Gasteiger partial charge in [0.25, 0.3) is 0 Å². The van der Waals surface area contributed by atoms with E-state index >= 15 is 0 Å². The zero-order valence-corrected chi connectivity index (χ0v) is 18.7. The van der Waals surface area contributed by atoms with E-state index < -0.39 is 0 Å². The molecular formula is C21H43IO2. The zero-order valence-electron chi connectivity index (χ0n) is 16.5. The summed E-state index contributed by atoms with van der Waals surface area (Å²) in [5, 5.41) is 0. The van der Waals surface area contributed by atoms with Gasteiger partial charge in [0, 0.05) is 13.2 Å². The average Bonchev–Trinajstić information content (AvgIpc) is 2.59. The molecule has 0 saturated carbocycles. The Morgan fingerprint density at radius 3 is 1.54 bits per heavy atom. The van der Waals surface area contributed by atoms with Crippen LogP contribution in [-0.2, 0) is 9.47 Å². The maximum absolute atomic E-state index is 6.02. The van der Waals surface area contributed by atoms with Crippen LogP contribution in [-0.4, -0.2) is 23.9 Å². The summed E-state index contributed by atoms with van der Waals surface area (Å²) in [6.07, 6.45) is 19.4. The van der Waals surface area contributed by atoms with Gasteiger partial charge in [-0.05, 0) is 36.5 Å². The highest BCUT2D eigenvalue weighted by atomic mass is 127. The third kappa shape index (κ3) is 19.0. The minimum Gasteiger partial charge on any atom is -0.353 e. The molecule has 146 valence electrons. The number of hydrogen-bond acceptors (Lipinski definition) is 2. The van der Waals surface area contributed by atoms with Gasteiger partial charge >= 0.3 is 0 Å². The van der Waals surface area contributed by atoms with Crippen LogP contribution in [0.25, 0.3) is 0 Å². The van der Waals surface area contributed by atoms with E-state index in [1.165, 1.54) is 94.3 Å². The standard InChI is InChI=1S/C21H43IO2/c1-3-5-7-15-19-23-21(24-20-16-8-6-4-2)17-13-11-9-10-12-14-18-22/h21H,3-20H2,1-2H3. The molecule has 0 aromatic heterocycles. The summed E-state index contributed by atoms with van der Waals surface area (Å²) < 4.78 is 13.3. The van der Waals surface area contributed by atoms with Crippen molar-refractivity contribution < 1.29 is 9.47 Å². The van der Waals surface area contributed by atoms with E-state index in [0.717, 1.165) is 19.6 Å². The van der Waals surface area contributed by atoms with Crippen LogP contribution < -0.4 is 0 Å². The molecule has 0 aliphatic carbocycles. The lowest BCUT2D eigenvalue weighted by Crippen LogP contribution is -2.19. The van der Waals surface area contributed by atoms with Gasteiger partial charge in [-0.25, -0.2) is 0 Å². The number of ether oxygens (including phenoxy) is 2. The van der Waals surface area contributed by atoms with E-state index in [2.05, 4.69) is 36.4 Å². The monoisotopic (exact) mass is 454 g/mol. The molecule has 2 nitrogen and oxygen atoms in total. The molecule has 0 spiro atoms. The third-order valence-corrected chi connectivity index (χ3v) is 5.19. The molecule has 0 N–H and O–H groups in total. The third-order valence-electron chi connectivity index (χ3n) is 4.43. The van der Waals surface area contributed by atoms with Crippen molar-refractivity contribution in [3.8, 4) is 0 Å². The number of unbranched alkanes of at least 4 members (excludes halogenated alkanes) is 11. The lowest BCUT2D eigenvalue weighted by molar-refractivity contribution is -0.148. The van der Waals surface area contributed by atoms with Crippen LogP contribution in [0.1, 0.15) is 110 Å². The van der Waals surface area contributed by atoms with Gasteiger partial charge in [-0.15, -0.1) is 0 Å². The quantitative estimate of drug-likeness (QED) is 0.0813. The Hall–Kier alpha value is 0.650. The van der Waals surface area contributed by atoms with Crippen molar-refractivity contribution in [1.29, 1.82) is 0 Å². The first-order valence-electron chi connectivity index (χ1n) is 10.6. The fourth-order valence-corrected chi connectivity index (χ4v) is 3.35. The molecule has 0 aliphatic rings. The van der Waals surface area contributed by atoms with E-state index in [-0.39, 0.29) is 6.29 Å². The molecule has 0 bridgehead atoms. The van der Waals surface area contributed by atoms with E-state index in [4.69, 9.17) is 9.47 Å². The summed E-state index contributed by atoms with van der Waals surface area (Å²) in [6.45, 7) is 6.25. The van der Waals surface area contributed by atoms with Gasteiger partial charge in [0.2, 0.25) is 0 Å². The van der Waals surface area contributed by atoms with Gasteiger partial charge in [-0.3, -0.25) is 0 Å². The Morgan fingerprint density at radius 1 is 0.583 bits per heavy atom. The Balaban J connectivity index is 3.72. The van der Waals surface area contributed by atoms with Crippen LogP contribution in [0, 0.1) is 0 Å². The van der Waals surface area contributed by atoms with Crippen molar-refractivity contribution in [3.63, 3.8) is 0 Å². The molecule has 0 amide bonds. The highest BCUT2D eigenvalue weighted by Gasteiger charge is 2.09.